The number of amides is 1. The Bertz CT molecular complexity index is 550. The molecule has 1 aliphatic rings. The lowest BCUT2D eigenvalue weighted by molar-refractivity contribution is -0.138. The van der Waals surface area contributed by atoms with Crippen molar-refractivity contribution in [1.82, 2.24) is 10.2 Å². The van der Waals surface area contributed by atoms with Gasteiger partial charge in [-0.2, -0.15) is 0 Å². The maximum absolute atomic E-state index is 12.6. The van der Waals surface area contributed by atoms with E-state index in [9.17, 15) is 9.59 Å². The van der Waals surface area contributed by atoms with Crippen LogP contribution in [0.1, 0.15) is 37.0 Å². The predicted molar refractivity (Wildman–Crippen MR) is 92.4 cm³/mol. The smallest absolute Gasteiger partial charge is 0.263 e. The van der Waals surface area contributed by atoms with Crippen LogP contribution in [-0.4, -0.2) is 48.9 Å². The van der Waals surface area contributed by atoms with E-state index in [4.69, 9.17) is 4.74 Å². The van der Waals surface area contributed by atoms with Gasteiger partial charge in [-0.15, -0.1) is 12.4 Å². The zero-order valence-electron chi connectivity index (χ0n) is 13.9. The fraction of sp³-hybridized carbons (Fsp3) is 0.529. The molecule has 1 fully saturated rings. The van der Waals surface area contributed by atoms with E-state index in [2.05, 4.69) is 5.32 Å². The zero-order chi connectivity index (χ0) is 16.1. The largest absolute Gasteiger partial charge is 0.481 e. The van der Waals surface area contributed by atoms with Crippen molar-refractivity contribution < 1.29 is 14.3 Å². The Morgan fingerprint density at radius 2 is 2.17 bits per heavy atom. The minimum absolute atomic E-state index is 0. The van der Waals surface area contributed by atoms with E-state index in [0.717, 1.165) is 25.9 Å². The van der Waals surface area contributed by atoms with Gasteiger partial charge < -0.3 is 15.0 Å². The normalized spacial score (nSPS) is 18.2. The number of rotatable bonds is 6. The van der Waals surface area contributed by atoms with E-state index in [1.165, 1.54) is 6.92 Å². The van der Waals surface area contributed by atoms with E-state index in [0.29, 0.717) is 11.3 Å². The molecular weight excluding hydrogens is 316 g/mol. The van der Waals surface area contributed by atoms with Crippen LogP contribution in [-0.2, 0) is 4.79 Å². The van der Waals surface area contributed by atoms with Crippen LogP contribution >= 0.6 is 12.4 Å². The molecule has 0 bridgehead atoms. The highest BCUT2D eigenvalue weighted by atomic mass is 35.5. The van der Waals surface area contributed by atoms with Gasteiger partial charge >= 0.3 is 0 Å². The zero-order valence-corrected chi connectivity index (χ0v) is 14.7. The third-order valence-corrected chi connectivity index (χ3v) is 4.00. The first-order valence-electron chi connectivity index (χ1n) is 7.75. The van der Waals surface area contributed by atoms with Gasteiger partial charge in [0.05, 0.1) is 0 Å². The summed E-state index contributed by atoms with van der Waals surface area (Å²) in [6.45, 7) is 4.86. The molecule has 0 spiro atoms. The van der Waals surface area contributed by atoms with Crippen molar-refractivity contribution in [2.24, 2.45) is 0 Å². The minimum atomic E-state index is -0.556. The van der Waals surface area contributed by atoms with Crippen LogP contribution in [0.2, 0.25) is 0 Å². The quantitative estimate of drug-likeness (QED) is 0.807. The second-order valence-electron chi connectivity index (χ2n) is 5.73. The number of nitrogens with one attached hydrogen (secondary N) is 1. The number of nitrogens with zero attached hydrogens (tertiary/aromatic N) is 1. The second kappa shape index (κ2) is 8.89. The highest BCUT2D eigenvalue weighted by molar-refractivity contribution is 5.94. The number of halogens is 1. The molecule has 6 heteroatoms. The molecule has 1 N–H and O–H groups in total. The third-order valence-electron chi connectivity index (χ3n) is 4.00. The fourth-order valence-corrected chi connectivity index (χ4v) is 2.85. The lowest BCUT2D eigenvalue weighted by Crippen LogP contribution is -2.46. The lowest BCUT2D eigenvalue weighted by atomic mass is 10.1. The Balaban J connectivity index is 0.00000264. The number of carbonyl (C=O) groups is 2. The molecule has 2 atom stereocenters. The highest BCUT2D eigenvalue weighted by Crippen LogP contribution is 2.20. The maximum atomic E-state index is 12.6. The van der Waals surface area contributed by atoms with Gasteiger partial charge in [-0.25, -0.2) is 0 Å². The van der Waals surface area contributed by atoms with Crippen molar-refractivity contribution in [2.75, 3.05) is 20.1 Å². The summed E-state index contributed by atoms with van der Waals surface area (Å²) in [4.78, 5) is 25.9. The number of ether oxygens (including phenoxy) is 1. The Morgan fingerprint density at radius 1 is 1.43 bits per heavy atom. The summed E-state index contributed by atoms with van der Waals surface area (Å²) in [5, 5.41) is 3.13. The number of likely N-dealkylation sites (N-methyl/N-ethyl adjacent to an activating group) is 1. The Morgan fingerprint density at radius 3 is 2.83 bits per heavy atom. The number of likely N-dealkylation sites (tertiary alicyclic amines) is 1. The SMILES string of the molecule is CNCC1CCCN1C(=O)C(C)Oc1cccc(C(C)=O)c1.Cl. The number of benzene rings is 1. The van der Waals surface area contributed by atoms with Crippen molar-refractivity contribution in [3.63, 3.8) is 0 Å². The summed E-state index contributed by atoms with van der Waals surface area (Å²) in [7, 11) is 1.90. The van der Waals surface area contributed by atoms with Crippen LogP contribution < -0.4 is 10.1 Å². The van der Waals surface area contributed by atoms with Crippen LogP contribution in [0.4, 0.5) is 0 Å². The summed E-state index contributed by atoms with van der Waals surface area (Å²) in [5.74, 6) is 0.543. The molecule has 0 radical (unpaired) electrons. The molecule has 2 rings (SSSR count). The predicted octanol–water partition coefficient (Wildman–Crippen LogP) is 2.29. The van der Waals surface area contributed by atoms with E-state index >= 15 is 0 Å². The van der Waals surface area contributed by atoms with Crippen LogP contribution in [0.25, 0.3) is 0 Å². The summed E-state index contributed by atoms with van der Waals surface area (Å²) < 4.78 is 5.74. The lowest BCUT2D eigenvalue weighted by Gasteiger charge is -2.27. The number of ketones is 1. The number of carbonyl (C=O) groups excluding carboxylic acids is 2. The molecule has 5 nitrogen and oxygen atoms in total. The molecule has 128 valence electrons. The van der Waals surface area contributed by atoms with Gasteiger partial charge in [0, 0.05) is 24.7 Å². The van der Waals surface area contributed by atoms with Gasteiger partial charge in [0.15, 0.2) is 11.9 Å². The molecule has 1 aliphatic heterocycles. The Kier molecular flexibility index (Phi) is 7.52. The first-order chi connectivity index (χ1) is 10.5. The van der Waals surface area contributed by atoms with Crippen molar-refractivity contribution >= 4 is 24.1 Å². The second-order valence-corrected chi connectivity index (χ2v) is 5.73. The Hall–Kier alpha value is -1.59. The highest BCUT2D eigenvalue weighted by Gasteiger charge is 2.31. The minimum Gasteiger partial charge on any atom is -0.481 e. The summed E-state index contributed by atoms with van der Waals surface area (Å²) in [5.41, 5.74) is 0.589. The summed E-state index contributed by atoms with van der Waals surface area (Å²) in [6, 6.07) is 7.20. The van der Waals surface area contributed by atoms with Crippen LogP contribution in [0.5, 0.6) is 5.75 Å². The van der Waals surface area contributed by atoms with E-state index in [1.807, 2.05) is 11.9 Å². The van der Waals surface area contributed by atoms with Crippen LogP contribution in [0.3, 0.4) is 0 Å². The first-order valence-corrected chi connectivity index (χ1v) is 7.75. The van der Waals surface area contributed by atoms with Gasteiger partial charge in [0.1, 0.15) is 5.75 Å². The van der Waals surface area contributed by atoms with Crippen LogP contribution in [0.15, 0.2) is 24.3 Å². The number of hydrogen-bond acceptors (Lipinski definition) is 4. The average molecular weight is 341 g/mol. The van der Waals surface area contributed by atoms with Crippen molar-refractivity contribution in [3.05, 3.63) is 29.8 Å². The molecule has 1 heterocycles. The third kappa shape index (κ3) is 4.94. The molecule has 0 aromatic heterocycles. The molecule has 0 aliphatic carbocycles. The van der Waals surface area contributed by atoms with Crippen molar-refractivity contribution in [1.29, 1.82) is 0 Å². The van der Waals surface area contributed by atoms with Crippen molar-refractivity contribution in [2.45, 2.75) is 38.8 Å². The average Bonchev–Trinajstić information content (AvgIpc) is 2.95. The summed E-state index contributed by atoms with van der Waals surface area (Å²) in [6.07, 6.45) is 1.50. The molecule has 1 saturated heterocycles. The van der Waals surface area contributed by atoms with E-state index in [-0.39, 0.29) is 30.1 Å². The van der Waals surface area contributed by atoms with Gasteiger partial charge in [0.25, 0.3) is 5.91 Å². The fourth-order valence-electron chi connectivity index (χ4n) is 2.85. The molecule has 23 heavy (non-hydrogen) atoms. The molecule has 0 saturated carbocycles. The molecule has 1 aromatic carbocycles. The topological polar surface area (TPSA) is 58.6 Å². The van der Waals surface area contributed by atoms with Crippen molar-refractivity contribution in [3.8, 4) is 5.75 Å². The Labute approximate surface area is 143 Å². The van der Waals surface area contributed by atoms with E-state index < -0.39 is 6.10 Å². The number of hydrogen-bond donors (Lipinski definition) is 1. The maximum Gasteiger partial charge on any atom is 0.263 e. The van der Waals surface area contributed by atoms with E-state index in [1.54, 1.807) is 31.2 Å². The standard InChI is InChI=1S/C17H24N2O3.ClH/c1-12(20)14-6-4-8-16(10-14)22-13(2)17(21)19-9-5-7-15(19)11-18-3;/h4,6,8,10,13,15,18H,5,7,9,11H2,1-3H3;1H. The molecule has 1 aromatic rings. The molecular formula is C17H25ClN2O3. The molecule has 2 unspecified atom stereocenters. The van der Waals surface area contributed by atoms with Gasteiger partial charge in [-0.1, -0.05) is 12.1 Å². The van der Waals surface area contributed by atoms with Gasteiger partial charge in [-0.3, -0.25) is 9.59 Å². The monoisotopic (exact) mass is 340 g/mol. The van der Waals surface area contributed by atoms with Gasteiger partial charge in [0.2, 0.25) is 0 Å². The summed E-state index contributed by atoms with van der Waals surface area (Å²) >= 11 is 0. The van der Waals surface area contributed by atoms with Crippen LogP contribution in [0, 0.1) is 0 Å². The number of Topliss-reactive ketones (excluding diaryl/α,β-unsaturated/α-hetero) is 1. The first kappa shape index (κ1) is 19.5. The van der Waals surface area contributed by atoms with Gasteiger partial charge in [-0.05, 0) is 45.9 Å². The molecule has 1 amide bonds.